The SMILES string of the molecule is CCNC(c1ccc(I)cc1)c1ccc2c(c1)CC(C)O2. The minimum absolute atomic E-state index is 0.244. The monoisotopic (exact) mass is 393 g/mol. The van der Waals surface area contributed by atoms with Gasteiger partial charge in [-0.05, 0) is 70.9 Å². The van der Waals surface area contributed by atoms with Gasteiger partial charge in [0.2, 0.25) is 0 Å². The minimum Gasteiger partial charge on any atom is -0.490 e. The number of hydrogen-bond donors (Lipinski definition) is 1. The molecule has 21 heavy (non-hydrogen) atoms. The number of rotatable bonds is 4. The van der Waals surface area contributed by atoms with Crippen LogP contribution in [0.25, 0.3) is 0 Å². The van der Waals surface area contributed by atoms with E-state index in [1.807, 2.05) is 0 Å². The largest absolute Gasteiger partial charge is 0.490 e. The van der Waals surface area contributed by atoms with Crippen LogP contribution in [0.2, 0.25) is 0 Å². The number of hydrogen-bond acceptors (Lipinski definition) is 2. The molecule has 1 heterocycles. The van der Waals surface area contributed by atoms with Gasteiger partial charge >= 0.3 is 0 Å². The molecule has 3 heteroatoms. The lowest BCUT2D eigenvalue weighted by molar-refractivity contribution is 0.254. The van der Waals surface area contributed by atoms with Crippen molar-refractivity contribution in [1.82, 2.24) is 5.32 Å². The summed E-state index contributed by atoms with van der Waals surface area (Å²) in [5.74, 6) is 1.05. The Morgan fingerprint density at radius 2 is 1.90 bits per heavy atom. The van der Waals surface area contributed by atoms with Gasteiger partial charge in [0.1, 0.15) is 11.9 Å². The van der Waals surface area contributed by atoms with Crippen molar-refractivity contribution >= 4 is 22.6 Å². The van der Waals surface area contributed by atoms with Crippen LogP contribution in [0.4, 0.5) is 0 Å². The second-order valence-corrected chi connectivity index (χ2v) is 6.79. The van der Waals surface area contributed by atoms with Crippen LogP contribution in [0.15, 0.2) is 42.5 Å². The number of ether oxygens (including phenoxy) is 1. The Bertz CT molecular complexity index is 624. The molecule has 2 aromatic carbocycles. The van der Waals surface area contributed by atoms with Crippen molar-refractivity contribution in [2.75, 3.05) is 6.54 Å². The summed E-state index contributed by atoms with van der Waals surface area (Å²) in [5, 5.41) is 3.59. The van der Waals surface area contributed by atoms with E-state index in [-0.39, 0.29) is 6.04 Å². The lowest BCUT2D eigenvalue weighted by atomic mass is 9.96. The van der Waals surface area contributed by atoms with E-state index in [1.54, 1.807) is 0 Å². The molecule has 1 aliphatic rings. The summed E-state index contributed by atoms with van der Waals surface area (Å²) in [7, 11) is 0. The summed E-state index contributed by atoms with van der Waals surface area (Å²) in [6.07, 6.45) is 1.31. The Morgan fingerprint density at radius 1 is 1.19 bits per heavy atom. The van der Waals surface area contributed by atoms with Gasteiger partial charge in [-0.1, -0.05) is 31.2 Å². The average Bonchev–Trinajstić information content (AvgIpc) is 2.85. The maximum Gasteiger partial charge on any atom is 0.123 e. The van der Waals surface area contributed by atoms with Gasteiger partial charge in [0, 0.05) is 9.99 Å². The molecule has 0 saturated heterocycles. The van der Waals surface area contributed by atoms with Gasteiger partial charge in [-0.15, -0.1) is 0 Å². The summed E-state index contributed by atoms with van der Waals surface area (Å²) < 4.78 is 7.07. The molecule has 0 saturated carbocycles. The maximum atomic E-state index is 5.80. The predicted octanol–water partition coefficient (Wildman–Crippen LogP) is 4.31. The van der Waals surface area contributed by atoms with E-state index in [9.17, 15) is 0 Å². The topological polar surface area (TPSA) is 21.3 Å². The third kappa shape index (κ3) is 3.24. The highest BCUT2D eigenvalue weighted by Crippen LogP contribution is 2.32. The second-order valence-electron chi connectivity index (χ2n) is 5.54. The summed E-state index contributed by atoms with van der Waals surface area (Å²) in [6, 6.07) is 15.6. The molecule has 0 radical (unpaired) electrons. The first kappa shape index (κ1) is 14.9. The molecule has 0 aliphatic carbocycles. The zero-order valence-electron chi connectivity index (χ0n) is 12.4. The molecule has 0 spiro atoms. The van der Waals surface area contributed by atoms with Crippen molar-refractivity contribution in [3.8, 4) is 5.75 Å². The van der Waals surface area contributed by atoms with Crippen molar-refractivity contribution in [2.45, 2.75) is 32.4 Å². The molecule has 110 valence electrons. The first-order valence-electron chi connectivity index (χ1n) is 7.45. The number of halogens is 1. The zero-order chi connectivity index (χ0) is 14.8. The minimum atomic E-state index is 0.244. The van der Waals surface area contributed by atoms with Crippen molar-refractivity contribution in [3.63, 3.8) is 0 Å². The van der Waals surface area contributed by atoms with Crippen molar-refractivity contribution in [3.05, 3.63) is 62.7 Å². The van der Waals surface area contributed by atoms with Crippen molar-refractivity contribution in [1.29, 1.82) is 0 Å². The van der Waals surface area contributed by atoms with E-state index in [1.165, 1.54) is 20.3 Å². The van der Waals surface area contributed by atoms with Gasteiger partial charge in [-0.3, -0.25) is 0 Å². The van der Waals surface area contributed by atoms with Crippen LogP contribution >= 0.6 is 22.6 Å². The van der Waals surface area contributed by atoms with Gasteiger partial charge in [-0.2, -0.15) is 0 Å². The molecule has 0 bridgehead atoms. The third-order valence-corrected chi connectivity index (χ3v) is 4.58. The van der Waals surface area contributed by atoms with Gasteiger partial charge in [0.15, 0.2) is 0 Å². The molecule has 2 atom stereocenters. The summed E-state index contributed by atoms with van der Waals surface area (Å²) in [6.45, 7) is 5.22. The Labute approximate surface area is 140 Å². The van der Waals surface area contributed by atoms with E-state index < -0.39 is 0 Å². The van der Waals surface area contributed by atoms with Crippen molar-refractivity contribution in [2.24, 2.45) is 0 Å². The molecule has 0 aromatic heterocycles. The first-order valence-corrected chi connectivity index (χ1v) is 8.53. The number of nitrogens with one attached hydrogen (secondary N) is 1. The van der Waals surface area contributed by atoms with Crippen LogP contribution in [0.1, 0.15) is 36.6 Å². The van der Waals surface area contributed by atoms with Crippen LogP contribution in [0.5, 0.6) is 5.75 Å². The highest BCUT2D eigenvalue weighted by molar-refractivity contribution is 14.1. The Morgan fingerprint density at radius 3 is 2.62 bits per heavy atom. The molecule has 2 nitrogen and oxygen atoms in total. The molecular formula is C18H20INO. The fourth-order valence-electron chi connectivity index (χ4n) is 2.91. The van der Waals surface area contributed by atoms with Gasteiger partial charge < -0.3 is 10.1 Å². The van der Waals surface area contributed by atoms with E-state index >= 15 is 0 Å². The van der Waals surface area contributed by atoms with E-state index in [0.29, 0.717) is 6.10 Å². The molecule has 2 aromatic rings. The second kappa shape index (κ2) is 6.36. The average molecular weight is 393 g/mol. The molecule has 0 amide bonds. The fourth-order valence-corrected chi connectivity index (χ4v) is 3.27. The molecule has 1 N–H and O–H groups in total. The van der Waals surface area contributed by atoms with E-state index in [4.69, 9.17) is 4.74 Å². The third-order valence-electron chi connectivity index (χ3n) is 3.86. The highest BCUT2D eigenvalue weighted by atomic mass is 127. The Hall–Kier alpha value is -1.07. The summed E-state index contributed by atoms with van der Waals surface area (Å²) in [5.41, 5.74) is 3.95. The Kier molecular flexibility index (Phi) is 4.50. The van der Waals surface area contributed by atoms with Gasteiger partial charge in [-0.25, -0.2) is 0 Å². The number of fused-ring (bicyclic) bond motifs is 1. The van der Waals surface area contributed by atoms with Crippen LogP contribution in [-0.2, 0) is 6.42 Å². The quantitative estimate of drug-likeness (QED) is 0.782. The lowest BCUT2D eigenvalue weighted by Crippen LogP contribution is -2.22. The maximum absolute atomic E-state index is 5.80. The standard InChI is InChI=1S/C18H20INO/c1-3-20-18(13-4-7-16(19)8-5-13)14-6-9-17-15(11-14)10-12(2)21-17/h4-9,11-12,18,20H,3,10H2,1-2H3. The van der Waals surface area contributed by atoms with Crippen LogP contribution in [-0.4, -0.2) is 12.6 Å². The van der Waals surface area contributed by atoms with E-state index in [2.05, 4.69) is 84.2 Å². The number of benzene rings is 2. The van der Waals surface area contributed by atoms with Crippen LogP contribution in [0.3, 0.4) is 0 Å². The predicted molar refractivity (Wildman–Crippen MR) is 94.9 cm³/mol. The molecule has 1 aliphatic heterocycles. The van der Waals surface area contributed by atoms with Crippen molar-refractivity contribution < 1.29 is 4.74 Å². The van der Waals surface area contributed by atoms with Gasteiger partial charge in [0.25, 0.3) is 0 Å². The first-order chi connectivity index (χ1) is 10.2. The lowest BCUT2D eigenvalue weighted by Gasteiger charge is -2.19. The summed E-state index contributed by atoms with van der Waals surface area (Å²) >= 11 is 2.35. The highest BCUT2D eigenvalue weighted by Gasteiger charge is 2.21. The zero-order valence-corrected chi connectivity index (χ0v) is 14.6. The van der Waals surface area contributed by atoms with E-state index in [0.717, 1.165) is 18.7 Å². The normalized spacial score (nSPS) is 18.1. The van der Waals surface area contributed by atoms with Gasteiger partial charge in [0.05, 0.1) is 6.04 Å². The van der Waals surface area contributed by atoms with Crippen LogP contribution < -0.4 is 10.1 Å². The molecule has 0 fully saturated rings. The Balaban J connectivity index is 1.94. The smallest absolute Gasteiger partial charge is 0.123 e. The fraction of sp³-hybridized carbons (Fsp3) is 0.333. The molecular weight excluding hydrogens is 373 g/mol. The summed E-state index contributed by atoms with van der Waals surface area (Å²) in [4.78, 5) is 0. The molecule has 2 unspecified atom stereocenters. The molecule has 3 rings (SSSR count). The van der Waals surface area contributed by atoms with Crippen LogP contribution in [0, 0.1) is 3.57 Å².